The van der Waals surface area contributed by atoms with Crippen molar-refractivity contribution >= 4 is 12.6 Å². The molecule has 0 aliphatic heterocycles. The van der Waals surface area contributed by atoms with Gasteiger partial charge in [0.25, 0.3) is 0 Å². The molecule has 5 heteroatoms. The Morgan fingerprint density at radius 3 is 1.88 bits per heavy atom. The molecular formula is C19H22O5. The zero-order chi connectivity index (χ0) is 18.0. The Hall–Kier alpha value is -2.34. The zero-order valence-electron chi connectivity index (χ0n) is 13.6. The van der Waals surface area contributed by atoms with Crippen molar-refractivity contribution in [3.8, 4) is 11.1 Å². The molecular weight excluding hydrogens is 308 g/mol. The first-order valence-corrected chi connectivity index (χ1v) is 7.46. The molecule has 2 aromatic rings. The number of rotatable bonds is 6. The van der Waals surface area contributed by atoms with Crippen LogP contribution in [0.3, 0.4) is 0 Å². The summed E-state index contributed by atoms with van der Waals surface area (Å²) in [4.78, 5) is 21.6. The first-order chi connectivity index (χ1) is 11.5. The van der Waals surface area contributed by atoms with E-state index < -0.39 is 5.41 Å². The van der Waals surface area contributed by atoms with Gasteiger partial charge in [-0.2, -0.15) is 0 Å². The van der Waals surface area contributed by atoms with Crippen LogP contribution < -0.4 is 0 Å². The van der Waals surface area contributed by atoms with Crippen molar-refractivity contribution < 1.29 is 24.9 Å². The minimum Gasteiger partial charge on any atom is -0.396 e. The van der Waals surface area contributed by atoms with Gasteiger partial charge in [-0.25, -0.2) is 0 Å². The molecule has 0 unspecified atom stereocenters. The van der Waals surface area contributed by atoms with Crippen LogP contribution in [0.2, 0.25) is 0 Å². The molecule has 0 atom stereocenters. The molecule has 128 valence electrons. The van der Waals surface area contributed by atoms with Gasteiger partial charge in [-0.1, -0.05) is 49.4 Å². The van der Waals surface area contributed by atoms with Gasteiger partial charge in [0, 0.05) is 16.5 Å². The van der Waals surface area contributed by atoms with Gasteiger partial charge in [-0.15, -0.1) is 0 Å². The van der Waals surface area contributed by atoms with E-state index in [9.17, 15) is 9.59 Å². The van der Waals surface area contributed by atoms with Crippen LogP contribution in [-0.2, 0) is 0 Å². The average molecular weight is 330 g/mol. The Labute approximate surface area is 141 Å². The second-order valence-electron chi connectivity index (χ2n) is 5.73. The minimum absolute atomic E-state index is 0.181. The summed E-state index contributed by atoms with van der Waals surface area (Å²) in [6.07, 6.45) is 1.58. The summed E-state index contributed by atoms with van der Waals surface area (Å²) in [5.41, 5.74) is 2.19. The number of aliphatic hydroxyl groups excluding tert-OH is 3. The Morgan fingerprint density at radius 2 is 1.46 bits per heavy atom. The lowest BCUT2D eigenvalue weighted by molar-refractivity contribution is 0.0200. The van der Waals surface area contributed by atoms with Crippen molar-refractivity contribution in [3.63, 3.8) is 0 Å². The second-order valence-corrected chi connectivity index (χ2v) is 5.73. The molecule has 3 N–H and O–H groups in total. The van der Waals surface area contributed by atoms with Crippen molar-refractivity contribution in [1.29, 1.82) is 0 Å². The highest BCUT2D eigenvalue weighted by molar-refractivity contribution is 5.90. The van der Waals surface area contributed by atoms with E-state index in [0.29, 0.717) is 11.1 Å². The lowest BCUT2D eigenvalue weighted by atomic mass is 9.95. The molecule has 0 aliphatic carbocycles. The van der Waals surface area contributed by atoms with Gasteiger partial charge in [0.15, 0.2) is 6.29 Å². The van der Waals surface area contributed by atoms with E-state index in [1.807, 2.05) is 30.3 Å². The lowest BCUT2D eigenvalue weighted by Crippen LogP contribution is -2.29. The van der Waals surface area contributed by atoms with Gasteiger partial charge >= 0.3 is 0 Å². The van der Waals surface area contributed by atoms with E-state index in [2.05, 4.69) is 0 Å². The third-order valence-corrected chi connectivity index (χ3v) is 3.57. The molecule has 0 amide bonds. The largest absolute Gasteiger partial charge is 0.396 e. The van der Waals surface area contributed by atoms with Crippen LogP contribution in [0, 0.1) is 5.41 Å². The fraction of sp³-hybridized carbons (Fsp3) is 0.263. The predicted molar refractivity (Wildman–Crippen MR) is 92.0 cm³/mol. The van der Waals surface area contributed by atoms with Crippen LogP contribution in [-0.4, -0.2) is 47.7 Å². The van der Waals surface area contributed by atoms with Gasteiger partial charge in [-0.05, 0) is 17.2 Å². The number of hydrogen-bond acceptors (Lipinski definition) is 5. The molecule has 0 radical (unpaired) electrons. The Balaban J connectivity index is 0.000000307. The third kappa shape index (κ3) is 5.38. The zero-order valence-corrected chi connectivity index (χ0v) is 13.6. The van der Waals surface area contributed by atoms with Crippen molar-refractivity contribution in [2.45, 2.75) is 6.92 Å². The molecule has 0 saturated carbocycles. The quantitative estimate of drug-likeness (QED) is 0.704. The summed E-state index contributed by atoms with van der Waals surface area (Å²) in [7, 11) is 0. The van der Waals surface area contributed by atoms with Gasteiger partial charge in [0.1, 0.15) is 6.29 Å². The number of hydrogen-bond donors (Lipinski definition) is 3. The smallest absolute Gasteiger partial charge is 0.150 e. The Kier molecular flexibility index (Phi) is 7.98. The molecule has 2 rings (SSSR count). The van der Waals surface area contributed by atoms with Crippen LogP contribution in [0.15, 0.2) is 48.5 Å². The van der Waals surface area contributed by atoms with Gasteiger partial charge < -0.3 is 15.3 Å². The summed E-state index contributed by atoms with van der Waals surface area (Å²) in [5.74, 6) is 0. The standard InChI is InChI=1S/C14H10O2.C5H12O3/c15-9-11-6-7-13(10-16)14(8-11)12-4-2-1-3-5-12;1-5(2-6,3-7)4-8/h1-10H;6-8H,2-4H2,1H3. The van der Waals surface area contributed by atoms with Crippen LogP contribution in [0.1, 0.15) is 27.6 Å². The highest BCUT2D eigenvalue weighted by Crippen LogP contribution is 2.23. The third-order valence-electron chi connectivity index (χ3n) is 3.57. The van der Waals surface area contributed by atoms with Crippen LogP contribution in [0.4, 0.5) is 0 Å². The Bertz CT molecular complexity index is 640. The number of carbonyl (C=O) groups is 2. The molecule has 5 nitrogen and oxygen atoms in total. The van der Waals surface area contributed by atoms with E-state index in [1.165, 1.54) is 0 Å². The number of benzene rings is 2. The van der Waals surface area contributed by atoms with Crippen LogP contribution >= 0.6 is 0 Å². The molecule has 0 bridgehead atoms. The maximum Gasteiger partial charge on any atom is 0.150 e. The summed E-state index contributed by atoms with van der Waals surface area (Å²) >= 11 is 0. The van der Waals surface area contributed by atoms with Crippen molar-refractivity contribution in [2.24, 2.45) is 5.41 Å². The van der Waals surface area contributed by atoms with E-state index >= 15 is 0 Å². The summed E-state index contributed by atoms with van der Waals surface area (Å²) in [6, 6.07) is 14.6. The molecule has 0 fully saturated rings. The van der Waals surface area contributed by atoms with Crippen molar-refractivity contribution in [3.05, 3.63) is 59.7 Å². The molecule has 0 aromatic heterocycles. The van der Waals surface area contributed by atoms with Crippen molar-refractivity contribution in [2.75, 3.05) is 19.8 Å². The summed E-state index contributed by atoms with van der Waals surface area (Å²) in [5, 5.41) is 25.4. The van der Waals surface area contributed by atoms with Gasteiger partial charge in [0.2, 0.25) is 0 Å². The monoisotopic (exact) mass is 330 g/mol. The van der Waals surface area contributed by atoms with E-state index in [4.69, 9.17) is 15.3 Å². The van der Waals surface area contributed by atoms with E-state index in [1.54, 1.807) is 25.1 Å². The molecule has 0 spiro atoms. The molecule has 24 heavy (non-hydrogen) atoms. The lowest BCUT2D eigenvalue weighted by Gasteiger charge is -2.20. The maximum atomic E-state index is 10.9. The molecule has 2 aromatic carbocycles. The van der Waals surface area contributed by atoms with Crippen molar-refractivity contribution in [1.82, 2.24) is 0 Å². The van der Waals surface area contributed by atoms with Crippen LogP contribution in [0.5, 0.6) is 0 Å². The fourth-order valence-electron chi connectivity index (χ4n) is 1.77. The molecule has 0 aliphatic rings. The predicted octanol–water partition coefficient (Wildman–Crippen LogP) is 1.95. The first kappa shape index (κ1) is 19.7. The Morgan fingerprint density at radius 1 is 0.875 bits per heavy atom. The molecule has 0 heterocycles. The van der Waals surface area contributed by atoms with E-state index in [0.717, 1.165) is 23.7 Å². The van der Waals surface area contributed by atoms with Crippen LogP contribution in [0.25, 0.3) is 11.1 Å². The number of carbonyl (C=O) groups excluding carboxylic acids is 2. The normalized spacial score (nSPS) is 10.5. The summed E-state index contributed by atoms with van der Waals surface area (Å²) < 4.78 is 0. The van der Waals surface area contributed by atoms with E-state index in [-0.39, 0.29) is 19.8 Å². The van der Waals surface area contributed by atoms with Gasteiger partial charge in [-0.3, -0.25) is 9.59 Å². The number of aliphatic hydroxyl groups is 3. The minimum atomic E-state index is -0.708. The first-order valence-electron chi connectivity index (χ1n) is 7.46. The molecule has 0 saturated heterocycles. The topological polar surface area (TPSA) is 94.8 Å². The number of aldehydes is 2. The van der Waals surface area contributed by atoms with Gasteiger partial charge in [0.05, 0.1) is 19.8 Å². The average Bonchev–Trinajstić information content (AvgIpc) is 2.68. The highest BCUT2D eigenvalue weighted by atomic mass is 16.3. The highest BCUT2D eigenvalue weighted by Gasteiger charge is 2.20. The second kappa shape index (κ2) is 9.72. The summed E-state index contributed by atoms with van der Waals surface area (Å²) in [6.45, 7) is 1.06. The maximum absolute atomic E-state index is 10.9. The SMILES string of the molecule is CC(CO)(CO)CO.O=Cc1ccc(C=O)c(-c2ccccc2)c1. The fourth-order valence-corrected chi connectivity index (χ4v) is 1.77.